The van der Waals surface area contributed by atoms with Crippen LogP contribution in [0.15, 0.2) is 18.5 Å². The molecule has 100 valence electrons. The molecule has 1 saturated carbocycles. The summed E-state index contributed by atoms with van der Waals surface area (Å²) in [6, 6.07) is 2.03. The Bertz CT molecular complexity index is 619. The van der Waals surface area contributed by atoms with Gasteiger partial charge in [-0.3, -0.25) is 9.78 Å². The van der Waals surface area contributed by atoms with E-state index in [4.69, 9.17) is 10.5 Å². The molecule has 2 aromatic rings. The molecule has 0 saturated heterocycles. The largest absolute Gasteiger partial charge is 0.397 e. The van der Waals surface area contributed by atoms with Crippen LogP contribution < -0.4 is 11.1 Å². The van der Waals surface area contributed by atoms with Crippen molar-refractivity contribution in [1.82, 2.24) is 10.3 Å². The zero-order valence-electron chi connectivity index (χ0n) is 10.6. The molecule has 2 aromatic heterocycles. The molecule has 0 bridgehead atoms. The minimum Gasteiger partial charge on any atom is -0.397 e. The number of rotatable bonds is 3. The third kappa shape index (κ3) is 2.17. The molecule has 0 spiro atoms. The van der Waals surface area contributed by atoms with Gasteiger partial charge in [0, 0.05) is 30.9 Å². The van der Waals surface area contributed by atoms with Gasteiger partial charge in [-0.2, -0.15) is 0 Å². The second-order valence-corrected chi connectivity index (χ2v) is 5.77. The van der Waals surface area contributed by atoms with Gasteiger partial charge < -0.3 is 15.8 Å². The van der Waals surface area contributed by atoms with Crippen LogP contribution in [-0.4, -0.2) is 30.1 Å². The molecule has 0 radical (unpaired) electrons. The lowest BCUT2D eigenvalue weighted by Gasteiger charge is -2.34. The molecule has 1 aliphatic carbocycles. The SMILES string of the molecule is COC1CC(NC(=O)c2sc3cnccc3c2N)C1. The van der Waals surface area contributed by atoms with Crippen molar-refractivity contribution in [3.63, 3.8) is 0 Å². The Labute approximate surface area is 114 Å². The van der Waals surface area contributed by atoms with Crippen molar-refractivity contribution < 1.29 is 9.53 Å². The molecule has 1 fully saturated rings. The van der Waals surface area contributed by atoms with Crippen molar-refractivity contribution >= 4 is 33.0 Å². The fourth-order valence-corrected chi connectivity index (χ4v) is 3.26. The summed E-state index contributed by atoms with van der Waals surface area (Å²) < 4.78 is 6.13. The summed E-state index contributed by atoms with van der Waals surface area (Å²) >= 11 is 1.38. The number of carbonyl (C=O) groups excluding carboxylic acids is 1. The number of nitrogens with one attached hydrogen (secondary N) is 1. The second kappa shape index (κ2) is 4.79. The summed E-state index contributed by atoms with van der Waals surface area (Å²) in [4.78, 5) is 16.8. The molecule has 0 unspecified atom stereocenters. The van der Waals surface area contributed by atoms with Gasteiger partial charge in [-0.05, 0) is 18.9 Å². The summed E-state index contributed by atoms with van der Waals surface area (Å²) in [5, 5.41) is 3.89. The third-order valence-electron chi connectivity index (χ3n) is 3.50. The van der Waals surface area contributed by atoms with Crippen LogP contribution in [0.3, 0.4) is 0 Å². The lowest BCUT2D eigenvalue weighted by atomic mass is 9.89. The molecule has 6 heteroatoms. The van der Waals surface area contributed by atoms with E-state index in [1.807, 2.05) is 6.07 Å². The van der Waals surface area contributed by atoms with Crippen LogP contribution in [0.25, 0.3) is 10.1 Å². The standard InChI is InChI=1S/C13H15N3O2S/c1-18-8-4-7(5-8)16-13(17)12-11(14)9-2-3-15-6-10(9)19-12/h2-3,6-8H,4-5,14H2,1H3,(H,16,17). The summed E-state index contributed by atoms with van der Waals surface area (Å²) in [6.45, 7) is 0. The minimum absolute atomic E-state index is 0.0988. The minimum atomic E-state index is -0.0988. The summed E-state index contributed by atoms with van der Waals surface area (Å²) in [5.74, 6) is -0.0988. The highest BCUT2D eigenvalue weighted by molar-refractivity contribution is 7.21. The molecule has 0 atom stereocenters. The Hall–Kier alpha value is -1.66. The molecule has 0 aliphatic heterocycles. The Balaban J connectivity index is 1.77. The lowest BCUT2D eigenvalue weighted by Crippen LogP contribution is -2.47. The highest BCUT2D eigenvalue weighted by Gasteiger charge is 2.31. The number of hydrogen-bond acceptors (Lipinski definition) is 5. The number of nitrogens with two attached hydrogens (primary N) is 1. The number of thiophene rings is 1. The number of ether oxygens (including phenoxy) is 1. The van der Waals surface area contributed by atoms with E-state index in [-0.39, 0.29) is 18.1 Å². The van der Waals surface area contributed by atoms with E-state index >= 15 is 0 Å². The number of nitrogen functional groups attached to an aromatic ring is 1. The molecule has 5 nitrogen and oxygen atoms in total. The van der Waals surface area contributed by atoms with E-state index < -0.39 is 0 Å². The molecular weight excluding hydrogens is 262 g/mol. The van der Waals surface area contributed by atoms with Gasteiger partial charge in [-0.1, -0.05) is 0 Å². The van der Waals surface area contributed by atoms with Gasteiger partial charge in [0.15, 0.2) is 0 Å². The second-order valence-electron chi connectivity index (χ2n) is 4.72. The van der Waals surface area contributed by atoms with Crippen molar-refractivity contribution in [3.8, 4) is 0 Å². The van der Waals surface area contributed by atoms with E-state index in [1.165, 1.54) is 11.3 Å². The highest BCUT2D eigenvalue weighted by Crippen LogP contribution is 2.33. The number of hydrogen-bond donors (Lipinski definition) is 2. The van der Waals surface area contributed by atoms with E-state index in [1.54, 1.807) is 19.5 Å². The highest BCUT2D eigenvalue weighted by atomic mass is 32.1. The lowest BCUT2D eigenvalue weighted by molar-refractivity contribution is 0.0177. The third-order valence-corrected chi connectivity index (χ3v) is 4.66. The summed E-state index contributed by atoms with van der Waals surface area (Å²) in [5.41, 5.74) is 6.57. The maximum atomic E-state index is 12.2. The Morgan fingerprint density at radius 3 is 3.05 bits per heavy atom. The topological polar surface area (TPSA) is 77.2 Å². The summed E-state index contributed by atoms with van der Waals surface area (Å²) in [6.07, 6.45) is 5.43. The van der Waals surface area contributed by atoms with Crippen molar-refractivity contribution in [3.05, 3.63) is 23.3 Å². The number of nitrogens with zero attached hydrogens (tertiary/aromatic N) is 1. The van der Waals surface area contributed by atoms with Gasteiger partial charge in [0.05, 0.1) is 16.5 Å². The number of anilines is 1. The van der Waals surface area contributed by atoms with Gasteiger partial charge in [0.2, 0.25) is 0 Å². The van der Waals surface area contributed by atoms with Gasteiger partial charge >= 0.3 is 0 Å². The number of amides is 1. The van der Waals surface area contributed by atoms with Crippen molar-refractivity contribution in [1.29, 1.82) is 0 Å². The predicted octanol–water partition coefficient (Wildman–Crippen LogP) is 1.79. The average Bonchev–Trinajstić information content (AvgIpc) is 2.71. The first-order chi connectivity index (χ1) is 9.19. The number of pyridine rings is 1. The predicted molar refractivity (Wildman–Crippen MR) is 75.3 cm³/mol. The van der Waals surface area contributed by atoms with E-state index in [2.05, 4.69) is 10.3 Å². The fraction of sp³-hybridized carbons (Fsp3) is 0.385. The smallest absolute Gasteiger partial charge is 0.263 e. The van der Waals surface area contributed by atoms with E-state index in [0.29, 0.717) is 10.6 Å². The summed E-state index contributed by atoms with van der Waals surface area (Å²) in [7, 11) is 1.69. The van der Waals surface area contributed by atoms with Crippen LogP contribution >= 0.6 is 11.3 Å². The maximum Gasteiger partial charge on any atom is 0.263 e. The van der Waals surface area contributed by atoms with Crippen LogP contribution in [0, 0.1) is 0 Å². The van der Waals surface area contributed by atoms with Crippen LogP contribution in [0.2, 0.25) is 0 Å². The Kier molecular flexibility index (Phi) is 3.12. The van der Waals surface area contributed by atoms with Crippen LogP contribution in [0.5, 0.6) is 0 Å². The molecule has 2 heterocycles. The van der Waals surface area contributed by atoms with Gasteiger partial charge in [-0.15, -0.1) is 11.3 Å². The number of fused-ring (bicyclic) bond motifs is 1. The average molecular weight is 277 g/mol. The van der Waals surface area contributed by atoms with Crippen LogP contribution in [-0.2, 0) is 4.74 Å². The van der Waals surface area contributed by atoms with Crippen molar-refractivity contribution in [2.24, 2.45) is 0 Å². The monoisotopic (exact) mass is 277 g/mol. The first-order valence-electron chi connectivity index (χ1n) is 6.14. The van der Waals surface area contributed by atoms with Gasteiger partial charge in [0.25, 0.3) is 5.91 Å². The maximum absolute atomic E-state index is 12.2. The molecule has 1 amide bonds. The molecule has 3 N–H and O–H groups in total. The quantitative estimate of drug-likeness (QED) is 0.896. The number of carbonyl (C=O) groups is 1. The first kappa shape index (κ1) is 12.4. The molecule has 1 aliphatic rings. The van der Waals surface area contributed by atoms with Gasteiger partial charge in [-0.25, -0.2) is 0 Å². The number of methoxy groups -OCH3 is 1. The first-order valence-corrected chi connectivity index (χ1v) is 6.96. The van der Waals surface area contributed by atoms with Gasteiger partial charge in [0.1, 0.15) is 4.88 Å². The Morgan fingerprint density at radius 1 is 1.58 bits per heavy atom. The van der Waals surface area contributed by atoms with E-state index in [0.717, 1.165) is 22.9 Å². The fourth-order valence-electron chi connectivity index (χ4n) is 2.27. The van der Waals surface area contributed by atoms with Crippen LogP contribution in [0.1, 0.15) is 22.5 Å². The normalized spacial score (nSPS) is 22.2. The number of aromatic nitrogens is 1. The Morgan fingerprint density at radius 2 is 2.37 bits per heavy atom. The van der Waals surface area contributed by atoms with Crippen molar-refractivity contribution in [2.75, 3.05) is 12.8 Å². The van der Waals surface area contributed by atoms with Crippen molar-refractivity contribution in [2.45, 2.75) is 25.0 Å². The molecule has 3 rings (SSSR count). The zero-order chi connectivity index (χ0) is 13.4. The van der Waals surface area contributed by atoms with Crippen LogP contribution in [0.4, 0.5) is 5.69 Å². The molecule has 0 aromatic carbocycles. The molecule has 19 heavy (non-hydrogen) atoms. The van der Waals surface area contributed by atoms with E-state index in [9.17, 15) is 4.79 Å². The molecular formula is C13H15N3O2S. The zero-order valence-corrected chi connectivity index (χ0v) is 11.4.